The Morgan fingerprint density at radius 3 is 2.56 bits per heavy atom. The average molecular weight is 344 g/mol. The molecule has 0 radical (unpaired) electrons. The van der Waals surface area contributed by atoms with Gasteiger partial charge in [-0.3, -0.25) is 10.1 Å². The number of hydrogen-bond donors (Lipinski definition) is 1. The lowest BCUT2D eigenvalue weighted by atomic mass is 10.2. The van der Waals surface area contributed by atoms with Gasteiger partial charge in [-0.2, -0.15) is 9.90 Å². The Balaban J connectivity index is 1.50. The molecule has 1 fully saturated rings. The molecule has 2 amide bonds. The highest BCUT2D eigenvalue weighted by Gasteiger charge is 2.22. The molecule has 1 N–H and O–H groups in total. The molecule has 2 heterocycles. The van der Waals surface area contributed by atoms with E-state index in [-0.39, 0.29) is 18.3 Å². The second kappa shape index (κ2) is 7.65. The summed E-state index contributed by atoms with van der Waals surface area (Å²) in [6, 6.07) is 10.2. The second-order valence-corrected chi connectivity index (χ2v) is 5.58. The molecule has 0 unspecified atom stereocenters. The van der Waals surface area contributed by atoms with Gasteiger partial charge in [0.1, 0.15) is 6.54 Å². The van der Waals surface area contributed by atoms with Gasteiger partial charge in [0.05, 0.1) is 13.3 Å². The minimum atomic E-state index is -0.629. The number of nitrogens with one attached hydrogen (secondary N) is 1. The molecule has 0 spiro atoms. The summed E-state index contributed by atoms with van der Waals surface area (Å²) in [4.78, 5) is 28.8. The zero-order chi connectivity index (χ0) is 17.6. The van der Waals surface area contributed by atoms with Gasteiger partial charge in [-0.15, -0.1) is 5.10 Å². The summed E-state index contributed by atoms with van der Waals surface area (Å²) in [7, 11) is 1.26. The Kier molecular flexibility index (Phi) is 5.12. The van der Waals surface area contributed by atoms with Crippen LogP contribution in [0, 0.1) is 0 Å². The van der Waals surface area contributed by atoms with E-state index in [0.717, 1.165) is 13.1 Å². The highest BCUT2D eigenvalue weighted by molar-refractivity contribution is 5.82. The molecule has 2 aromatic rings. The van der Waals surface area contributed by atoms with Gasteiger partial charge in [0.15, 0.2) is 5.82 Å². The molecule has 1 aromatic carbocycles. The first kappa shape index (κ1) is 16.7. The van der Waals surface area contributed by atoms with Crippen molar-refractivity contribution in [1.82, 2.24) is 19.9 Å². The molecule has 1 saturated heterocycles. The smallest absolute Gasteiger partial charge is 0.412 e. The summed E-state index contributed by atoms with van der Waals surface area (Å²) in [6.45, 7) is 2.92. The number of nitrogens with zero attached hydrogens (tertiary/aromatic N) is 5. The second-order valence-electron chi connectivity index (χ2n) is 5.58. The zero-order valence-corrected chi connectivity index (χ0v) is 14.0. The molecular formula is C16H20N6O3. The van der Waals surface area contributed by atoms with Gasteiger partial charge in [0.2, 0.25) is 5.91 Å². The molecule has 9 heteroatoms. The number of carbonyl (C=O) groups is 2. The molecule has 1 aliphatic heterocycles. The number of aromatic nitrogens is 3. The van der Waals surface area contributed by atoms with Crippen molar-refractivity contribution in [1.29, 1.82) is 0 Å². The Hall–Kier alpha value is -3.10. The number of para-hydroxylation sites is 1. The summed E-state index contributed by atoms with van der Waals surface area (Å²) < 4.78 is 4.48. The highest BCUT2D eigenvalue weighted by atomic mass is 16.5. The van der Waals surface area contributed by atoms with Crippen LogP contribution in [0.15, 0.2) is 36.5 Å². The van der Waals surface area contributed by atoms with Crippen molar-refractivity contribution in [3.8, 4) is 0 Å². The quantitative estimate of drug-likeness (QED) is 0.882. The van der Waals surface area contributed by atoms with Crippen LogP contribution in [0.1, 0.15) is 0 Å². The predicted octanol–water partition coefficient (Wildman–Crippen LogP) is 0.805. The van der Waals surface area contributed by atoms with E-state index in [4.69, 9.17) is 0 Å². The minimum Gasteiger partial charge on any atom is -0.453 e. The van der Waals surface area contributed by atoms with E-state index in [9.17, 15) is 9.59 Å². The number of amides is 2. The first-order valence-electron chi connectivity index (χ1n) is 7.98. The van der Waals surface area contributed by atoms with Crippen molar-refractivity contribution in [2.75, 3.05) is 43.5 Å². The van der Waals surface area contributed by atoms with Crippen LogP contribution in [0.2, 0.25) is 0 Å². The number of ether oxygens (including phenoxy) is 1. The molecule has 0 atom stereocenters. The van der Waals surface area contributed by atoms with E-state index in [2.05, 4.69) is 37.3 Å². The Morgan fingerprint density at radius 2 is 1.88 bits per heavy atom. The van der Waals surface area contributed by atoms with Crippen LogP contribution in [0.5, 0.6) is 0 Å². The van der Waals surface area contributed by atoms with Gasteiger partial charge in [-0.25, -0.2) is 4.79 Å². The van der Waals surface area contributed by atoms with Crippen molar-refractivity contribution in [3.05, 3.63) is 36.5 Å². The number of benzene rings is 1. The standard InChI is InChI=1S/C16H20N6O3/c1-25-16(24)18-14-11-17-22(19-14)12-15(23)21-9-7-20(8-10-21)13-5-3-2-4-6-13/h2-6,11H,7-10,12H2,1H3,(H,18,19,24). The summed E-state index contributed by atoms with van der Waals surface area (Å²) in [5.74, 6) is 0.196. The maximum absolute atomic E-state index is 12.4. The predicted molar refractivity (Wildman–Crippen MR) is 91.3 cm³/mol. The van der Waals surface area contributed by atoms with Crippen molar-refractivity contribution in [2.24, 2.45) is 0 Å². The fraction of sp³-hybridized carbons (Fsp3) is 0.375. The topological polar surface area (TPSA) is 92.6 Å². The van der Waals surface area contributed by atoms with Crippen LogP contribution in [0.4, 0.5) is 16.3 Å². The van der Waals surface area contributed by atoms with Gasteiger partial charge in [-0.1, -0.05) is 18.2 Å². The summed E-state index contributed by atoms with van der Waals surface area (Å²) in [6.07, 6.45) is 0.743. The fourth-order valence-electron chi connectivity index (χ4n) is 2.66. The number of methoxy groups -OCH3 is 1. The summed E-state index contributed by atoms with van der Waals surface area (Å²) in [5.41, 5.74) is 1.17. The average Bonchev–Trinajstić information content (AvgIpc) is 3.09. The van der Waals surface area contributed by atoms with Gasteiger partial charge < -0.3 is 14.5 Å². The molecular weight excluding hydrogens is 324 g/mol. The molecule has 1 aromatic heterocycles. The van der Waals surface area contributed by atoms with E-state index in [0.29, 0.717) is 13.1 Å². The molecule has 0 bridgehead atoms. The third-order valence-corrected chi connectivity index (χ3v) is 3.98. The lowest BCUT2D eigenvalue weighted by Gasteiger charge is -2.36. The zero-order valence-electron chi connectivity index (χ0n) is 14.0. The minimum absolute atomic E-state index is 0.0359. The van der Waals surface area contributed by atoms with Crippen LogP contribution in [-0.4, -0.2) is 65.2 Å². The maximum atomic E-state index is 12.4. The molecule has 0 aliphatic carbocycles. The van der Waals surface area contributed by atoms with Gasteiger partial charge >= 0.3 is 6.09 Å². The van der Waals surface area contributed by atoms with Gasteiger partial charge in [-0.05, 0) is 12.1 Å². The van der Waals surface area contributed by atoms with E-state index in [1.54, 1.807) is 4.90 Å². The Bertz CT molecular complexity index is 724. The van der Waals surface area contributed by atoms with Crippen LogP contribution in [-0.2, 0) is 16.1 Å². The van der Waals surface area contributed by atoms with Crippen molar-refractivity contribution >= 4 is 23.5 Å². The van der Waals surface area contributed by atoms with Crippen molar-refractivity contribution in [2.45, 2.75) is 6.54 Å². The number of hydrogen-bond acceptors (Lipinski definition) is 6. The molecule has 3 rings (SSSR count). The largest absolute Gasteiger partial charge is 0.453 e. The van der Waals surface area contributed by atoms with Crippen molar-refractivity contribution < 1.29 is 14.3 Å². The first-order chi connectivity index (χ1) is 12.2. The lowest BCUT2D eigenvalue weighted by molar-refractivity contribution is -0.132. The third kappa shape index (κ3) is 4.25. The van der Waals surface area contributed by atoms with Crippen LogP contribution < -0.4 is 10.2 Å². The van der Waals surface area contributed by atoms with E-state index < -0.39 is 6.09 Å². The number of anilines is 2. The molecule has 0 saturated carbocycles. The third-order valence-electron chi connectivity index (χ3n) is 3.98. The van der Waals surface area contributed by atoms with Crippen LogP contribution in [0.3, 0.4) is 0 Å². The summed E-state index contributed by atoms with van der Waals surface area (Å²) in [5, 5.41) is 10.4. The summed E-state index contributed by atoms with van der Waals surface area (Å²) >= 11 is 0. The monoisotopic (exact) mass is 344 g/mol. The fourth-order valence-corrected chi connectivity index (χ4v) is 2.66. The number of carbonyl (C=O) groups excluding carboxylic acids is 2. The molecule has 1 aliphatic rings. The van der Waals surface area contributed by atoms with Crippen LogP contribution in [0.25, 0.3) is 0 Å². The Morgan fingerprint density at radius 1 is 1.16 bits per heavy atom. The normalized spacial score (nSPS) is 14.3. The van der Waals surface area contributed by atoms with Crippen LogP contribution >= 0.6 is 0 Å². The first-order valence-corrected chi connectivity index (χ1v) is 7.98. The highest BCUT2D eigenvalue weighted by Crippen LogP contribution is 2.15. The molecule has 9 nitrogen and oxygen atoms in total. The maximum Gasteiger partial charge on any atom is 0.412 e. The lowest BCUT2D eigenvalue weighted by Crippen LogP contribution is -2.49. The van der Waals surface area contributed by atoms with Crippen molar-refractivity contribution in [3.63, 3.8) is 0 Å². The number of piperazine rings is 1. The Labute approximate surface area is 145 Å². The molecule has 25 heavy (non-hydrogen) atoms. The number of rotatable bonds is 4. The van der Waals surface area contributed by atoms with E-state index in [1.165, 1.54) is 23.8 Å². The van der Waals surface area contributed by atoms with E-state index >= 15 is 0 Å². The van der Waals surface area contributed by atoms with E-state index in [1.807, 2.05) is 18.2 Å². The SMILES string of the molecule is COC(=O)Nc1cnn(CC(=O)N2CCN(c3ccccc3)CC2)n1. The van der Waals surface area contributed by atoms with Gasteiger partial charge in [0.25, 0.3) is 0 Å². The molecule has 132 valence electrons. The van der Waals surface area contributed by atoms with Gasteiger partial charge in [0, 0.05) is 31.9 Å².